The molecule has 0 aliphatic carbocycles. The summed E-state index contributed by atoms with van der Waals surface area (Å²) in [6, 6.07) is 8.36. The second-order valence-electron chi connectivity index (χ2n) is 4.77. The first kappa shape index (κ1) is 12.9. The first-order chi connectivity index (χ1) is 8.66. The lowest BCUT2D eigenvalue weighted by Gasteiger charge is -2.29. The average molecular weight is 248 g/mol. The van der Waals surface area contributed by atoms with Gasteiger partial charge in [0.15, 0.2) is 0 Å². The minimum atomic E-state index is -0.243. The van der Waals surface area contributed by atoms with E-state index in [0.717, 1.165) is 31.9 Å². The number of hydrogen-bond donors (Lipinski definition) is 1. The van der Waals surface area contributed by atoms with Crippen molar-refractivity contribution < 1.29 is 9.53 Å². The van der Waals surface area contributed by atoms with Gasteiger partial charge in [0.05, 0.1) is 13.2 Å². The summed E-state index contributed by atoms with van der Waals surface area (Å²) in [6.07, 6.45) is 0.707. The van der Waals surface area contributed by atoms with Crippen molar-refractivity contribution in [3.63, 3.8) is 0 Å². The van der Waals surface area contributed by atoms with E-state index in [9.17, 15) is 4.79 Å². The van der Waals surface area contributed by atoms with Crippen LogP contribution in [0.5, 0.6) is 0 Å². The number of rotatable bonds is 4. The van der Waals surface area contributed by atoms with Gasteiger partial charge in [-0.25, -0.2) is 0 Å². The second-order valence-corrected chi connectivity index (χ2v) is 4.77. The third-order valence-electron chi connectivity index (χ3n) is 3.34. The number of ether oxygens (including phenoxy) is 1. The number of primary amides is 1. The van der Waals surface area contributed by atoms with Gasteiger partial charge in [0.25, 0.3) is 0 Å². The minimum Gasteiger partial charge on any atom is -0.378 e. The van der Waals surface area contributed by atoms with E-state index in [2.05, 4.69) is 29.2 Å². The molecule has 0 spiro atoms. The Bertz CT molecular complexity index is 397. The van der Waals surface area contributed by atoms with Crippen molar-refractivity contribution in [1.82, 2.24) is 0 Å². The maximum atomic E-state index is 11.0. The largest absolute Gasteiger partial charge is 0.378 e. The average Bonchev–Trinajstić information content (AvgIpc) is 2.40. The SMILES string of the molecule is CC(Cc1ccc(N2CCOCC2)cc1)C(N)=O. The van der Waals surface area contributed by atoms with Crippen molar-refractivity contribution >= 4 is 11.6 Å². The number of nitrogens with two attached hydrogens (primary N) is 1. The lowest BCUT2D eigenvalue weighted by molar-refractivity contribution is -0.121. The summed E-state index contributed by atoms with van der Waals surface area (Å²) in [5.41, 5.74) is 7.64. The third kappa shape index (κ3) is 3.23. The molecule has 0 aromatic heterocycles. The van der Waals surface area contributed by atoms with Gasteiger partial charge >= 0.3 is 0 Å². The zero-order chi connectivity index (χ0) is 13.0. The zero-order valence-electron chi connectivity index (χ0n) is 10.8. The number of carbonyl (C=O) groups is 1. The monoisotopic (exact) mass is 248 g/mol. The Balaban J connectivity index is 1.98. The molecule has 1 atom stereocenters. The van der Waals surface area contributed by atoms with Gasteiger partial charge in [-0.05, 0) is 24.1 Å². The second kappa shape index (κ2) is 5.87. The van der Waals surface area contributed by atoms with Crippen LogP contribution < -0.4 is 10.6 Å². The Morgan fingerprint density at radius 1 is 1.33 bits per heavy atom. The normalized spacial score (nSPS) is 17.5. The van der Waals surface area contributed by atoms with Gasteiger partial charge in [-0.3, -0.25) is 4.79 Å². The molecular formula is C14H20N2O2. The standard InChI is InChI=1S/C14H20N2O2/c1-11(14(15)17)10-12-2-4-13(5-3-12)16-6-8-18-9-7-16/h2-5,11H,6-10H2,1H3,(H2,15,17). The molecule has 0 bridgehead atoms. The van der Waals surface area contributed by atoms with Crippen LogP contribution in [0.1, 0.15) is 12.5 Å². The molecule has 1 heterocycles. The van der Waals surface area contributed by atoms with Gasteiger partial charge in [-0.2, -0.15) is 0 Å². The van der Waals surface area contributed by atoms with Crippen LogP contribution >= 0.6 is 0 Å². The fourth-order valence-electron chi connectivity index (χ4n) is 2.12. The summed E-state index contributed by atoms with van der Waals surface area (Å²) in [5, 5.41) is 0. The lowest BCUT2D eigenvalue weighted by Crippen LogP contribution is -2.36. The smallest absolute Gasteiger partial charge is 0.220 e. The highest BCUT2D eigenvalue weighted by Crippen LogP contribution is 2.18. The predicted molar refractivity (Wildman–Crippen MR) is 71.5 cm³/mol. The molecule has 1 saturated heterocycles. The van der Waals surface area contributed by atoms with E-state index >= 15 is 0 Å². The van der Waals surface area contributed by atoms with Crippen molar-refractivity contribution in [2.75, 3.05) is 31.2 Å². The maximum absolute atomic E-state index is 11.0. The highest BCUT2D eigenvalue weighted by atomic mass is 16.5. The molecule has 4 heteroatoms. The molecule has 1 unspecified atom stereocenters. The number of morpholine rings is 1. The quantitative estimate of drug-likeness (QED) is 0.870. The molecule has 1 fully saturated rings. The minimum absolute atomic E-state index is 0.112. The van der Waals surface area contributed by atoms with E-state index < -0.39 is 0 Å². The fraction of sp³-hybridized carbons (Fsp3) is 0.500. The van der Waals surface area contributed by atoms with Gasteiger partial charge in [0, 0.05) is 24.7 Å². The number of nitrogens with zero attached hydrogens (tertiary/aromatic N) is 1. The molecule has 0 radical (unpaired) electrons. The van der Waals surface area contributed by atoms with E-state index in [-0.39, 0.29) is 11.8 Å². The van der Waals surface area contributed by atoms with Crippen LogP contribution in [0.4, 0.5) is 5.69 Å². The molecule has 1 amide bonds. The van der Waals surface area contributed by atoms with Crippen molar-refractivity contribution in [1.29, 1.82) is 0 Å². The molecule has 4 nitrogen and oxygen atoms in total. The number of carbonyl (C=O) groups excluding carboxylic acids is 1. The zero-order valence-corrected chi connectivity index (χ0v) is 10.8. The summed E-state index contributed by atoms with van der Waals surface area (Å²) in [6.45, 7) is 5.33. The summed E-state index contributed by atoms with van der Waals surface area (Å²) < 4.78 is 5.33. The number of benzene rings is 1. The highest BCUT2D eigenvalue weighted by Gasteiger charge is 2.12. The number of anilines is 1. The molecule has 1 aromatic rings. The third-order valence-corrected chi connectivity index (χ3v) is 3.34. The molecule has 2 N–H and O–H groups in total. The lowest BCUT2D eigenvalue weighted by atomic mass is 10.0. The summed E-state index contributed by atoms with van der Waals surface area (Å²) in [7, 11) is 0. The van der Waals surface area contributed by atoms with E-state index in [1.54, 1.807) is 0 Å². The van der Waals surface area contributed by atoms with Crippen molar-refractivity contribution in [3.8, 4) is 0 Å². The fourth-order valence-corrected chi connectivity index (χ4v) is 2.12. The molecule has 1 aromatic carbocycles. The molecule has 98 valence electrons. The van der Waals surface area contributed by atoms with Crippen LogP contribution in [0.3, 0.4) is 0 Å². The molecule has 1 aliphatic rings. The van der Waals surface area contributed by atoms with Crippen molar-refractivity contribution in [2.45, 2.75) is 13.3 Å². The van der Waals surface area contributed by atoms with Gasteiger partial charge in [0.2, 0.25) is 5.91 Å². The first-order valence-electron chi connectivity index (χ1n) is 6.38. The van der Waals surface area contributed by atoms with Gasteiger partial charge < -0.3 is 15.4 Å². The highest BCUT2D eigenvalue weighted by molar-refractivity contribution is 5.76. The van der Waals surface area contributed by atoms with E-state index in [0.29, 0.717) is 6.42 Å². The van der Waals surface area contributed by atoms with Crippen molar-refractivity contribution in [2.24, 2.45) is 11.7 Å². The number of amides is 1. The van der Waals surface area contributed by atoms with Crippen LogP contribution in [0.15, 0.2) is 24.3 Å². The number of hydrogen-bond acceptors (Lipinski definition) is 3. The Morgan fingerprint density at radius 2 is 1.94 bits per heavy atom. The molecular weight excluding hydrogens is 228 g/mol. The Morgan fingerprint density at radius 3 is 2.50 bits per heavy atom. The Labute approximate surface area is 108 Å². The topological polar surface area (TPSA) is 55.6 Å². The molecule has 2 rings (SSSR count). The van der Waals surface area contributed by atoms with Gasteiger partial charge in [0.1, 0.15) is 0 Å². The van der Waals surface area contributed by atoms with Crippen LogP contribution in [0, 0.1) is 5.92 Å². The Hall–Kier alpha value is -1.55. The molecule has 0 saturated carbocycles. The van der Waals surface area contributed by atoms with E-state index in [4.69, 9.17) is 10.5 Å². The van der Waals surface area contributed by atoms with E-state index in [1.807, 2.05) is 6.92 Å². The van der Waals surface area contributed by atoms with Crippen LogP contribution in [-0.4, -0.2) is 32.2 Å². The molecule has 1 aliphatic heterocycles. The van der Waals surface area contributed by atoms with Crippen LogP contribution in [0.2, 0.25) is 0 Å². The predicted octanol–water partition coefficient (Wildman–Crippen LogP) is 1.19. The summed E-state index contributed by atoms with van der Waals surface area (Å²) in [4.78, 5) is 13.3. The molecule has 18 heavy (non-hydrogen) atoms. The van der Waals surface area contributed by atoms with Gasteiger partial charge in [-0.1, -0.05) is 19.1 Å². The van der Waals surface area contributed by atoms with Crippen molar-refractivity contribution in [3.05, 3.63) is 29.8 Å². The van der Waals surface area contributed by atoms with Gasteiger partial charge in [-0.15, -0.1) is 0 Å². The summed E-state index contributed by atoms with van der Waals surface area (Å²) >= 11 is 0. The summed E-state index contributed by atoms with van der Waals surface area (Å²) in [5.74, 6) is -0.355. The van der Waals surface area contributed by atoms with Crippen LogP contribution in [0.25, 0.3) is 0 Å². The Kier molecular flexibility index (Phi) is 4.20. The first-order valence-corrected chi connectivity index (χ1v) is 6.38. The van der Waals surface area contributed by atoms with E-state index in [1.165, 1.54) is 5.69 Å². The maximum Gasteiger partial charge on any atom is 0.220 e. The van der Waals surface area contributed by atoms with Crippen LogP contribution in [-0.2, 0) is 16.0 Å².